The molecule has 0 unspecified atom stereocenters. The van der Waals surface area contributed by atoms with Crippen molar-refractivity contribution in [2.45, 2.75) is 19.8 Å². The zero-order valence-electron chi connectivity index (χ0n) is 7.22. The van der Waals surface area contributed by atoms with E-state index in [1.54, 1.807) is 0 Å². The van der Waals surface area contributed by atoms with E-state index in [9.17, 15) is 0 Å². The van der Waals surface area contributed by atoms with Gasteiger partial charge in [0.1, 0.15) is 0 Å². The van der Waals surface area contributed by atoms with Crippen LogP contribution < -0.4 is 0 Å². The Bertz CT molecular complexity index is 82.2. The second-order valence-corrected chi connectivity index (χ2v) is 2.87. The van der Waals surface area contributed by atoms with E-state index >= 15 is 0 Å². The van der Waals surface area contributed by atoms with Crippen LogP contribution in [0, 0.1) is 0 Å². The van der Waals surface area contributed by atoms with E-state index in [0.717, 1.165) is 13.1 Å². The number of rotatable bonds is 3. The minimum absolute atomic E-state index is 0. The third-order valence-electron chi connectivity index (χ3n) is 1.98. The van der Waals surface area contributed by atoms with Gasteiger partial charge in [-0.05, 0) is 26.1 Å². The summed E-state index contributed by atoms with van der Waals surface area (Å²) in [5.74, 6) is 0. The third kappa shape index (κ3) is 4.92. The van der Waals surface area contributed by atoms with E-state index in [1.165, 1.54) is 32.5 Å². The quantitative estimate of drug-likeness (QED) is 0.767. The maximum absolute atomic E-state index is 4.29. The Labute approximate surface area is 83.4 Å². The minimum atomic E-state index is 0. The molecule has 0 atom stereocenters. The van der Waals surface area contributed by atoms with E-state index in [0.29, 0.717) is 0 Å². The van der Waals surface area contributed by atoms with Gasteiger partial charge in [0.25, 0.3) is 0 Å². The Hall–Kier alpha value is 0.582. The van der Waals surface area contributed by atoms with E-state index in [4.69, 9.17) is 0 Å². The van der Waals surface area contributed by atoms with Gasteiger partial charge in [-0.15, -0.1) is 13.1 Å². The predicted molar refractivity (Wildman–Crippen MR) is 44.4 cm³/mol. The van der Waals surface area contributed by atoms with Crippen molar-refractivity contribution < 1.29 is 20.4 Å². The maximum atomic E-state index is 4.29. The van der Waals surface area contributed by atoms with E-state index in [1.807, 2.05) is 0 Å². The summed E-state index contributed by atoms with van der Waals surface area (Å²) in [7, 11) is 0. The smallest absolute Gasteiger partial charge is 0 e. The summed E-state index contributed by atoms with van der Waals surface area (Å²) in [5, 5.41) is 4.29. The largest absolute Gasteiger partial charge is 0.660 e. The molecule has 1 saturated heterocycles. The van der Waals surface area contributed by atoms with Gasteiger partial charge in [-0.25, -0.2) is 0 Å². The Balaban J connectivity index is 0.000001000. The third-order valence-corrected chi connectivity index (χ3v) is 1.98. The zero-order chi connectivity index (χ0) is 7.23. The van der Waals surface area contributed by atoms with Crippen LogP contribution in [-0.4, -0.2) is 37.6 Å². The van der Waals surface area contributed by atoms with Crippen molar-refractivity contribution in [2.75, 3.05) is 32.7 Å². The zero-order valence-corrected chi connectivity index (χ0v) is 9.94. The van der Waals surface area contributed by atoms with Crippen molar-refractivity contribution in [3.63, 3.8) is 0 Å². The number of nitrogens with zero attached hydrogens (tertiary/aromatic N) is 2. The van der Waals surface area contributed by atoms with Crippen molar-refractivity contribution in [3.8, 4) is 0 Å². The first-order valence-corrected chi connectivity index (χ1v) is 4.29. The Kier molecular flexibility index (Phi) is 7.63. The summed E-state index contributed by atoms with van der Waals surface area (Å²) in [4.78, 5) is 2.51. The molecule has 0 saturated carbocycles. The van der Waals surface area contributed by atoms with Crippen molar-refractivity contribution in [1.29, 1.82) is 0 Å². The average Bonchev–Trinajstić information content (AvgIpc) is 2.03. The fourth-order valence-corrected chi connectivity index (χ4v) is 1.25. The second-order valence-electron chi connectivity index (χ2n) is 2.87. The van der Waals surface area contributed by atoms with Crippen molar-refractivity contribution >= 4 is 0 Å². The predicted octanol–water partition coefficient (Wildman–Crippen LogP) is 1.47. The van der Waals surface area contributed by atoms with Crippen LogP contribution in [0.15, 0.2) is 0 Å². The standard InChI is InChI=1S/C8H17N2.Re/c1-2-3-6-10-7-4-9-5-8-10;/h2-8H2,1H3;/q-1;. The summed E-state index contributed by atoms with van der Waals surface area (Å²) in [6.45, 7) is 8.04. The Morgan fingerprint density at radius 3 is 2.45 bits per heavy atom. The van der Waals surface area contributed by atoms with Crippen LogP contribution >= 0.6 is 0 Å². The van der Waals surface area contributed by atoms with Crippen molar-refractivity contribution in [3.05, 3.63) is 5.32 Å². The molecule has 0 aromatic carbocycles. The van der Waals surface area contributed by atoms with Gasteiger partial charge in [-0.3, -0.25) is 0 Å². The van der Waals surface area contributed by atoms with Crippen molar-refractivity contribution in [2.24, 2.45) is 0 Å². The van der Waals surface area contributed by atoms with Gasteiger partial charge in [0, 0.05) is 20.4 Å². The van der Waals surface area contributed by atoms with Crippen LogP contribution in [-0.2, 0) is 20.4 Å². The molecule has 0 bridgehead atoms. The molecule has 0 N–H and O–H groups in total. The van der Waals surface area contributed by atoms with Crippen LogP contribution in [0.5, 0.6) is 0 Å². The number of hydrogen-bond acceptors (Lipinski definition) is 1. The van der Waals surface area contributed by atoms with Crippen LogP contribution in [0.3, 0.4) is 0 Å². The fraction of sp³-hybridized carbons (Fsp3) is 1.00. The first kappa shape index (κ1) is 11.6. The molecule has 2 nitrogen and oxygen atoms in total. The summed E-state index contributed by atoms with van der Waals surface area (Å²) >= 11 is 0. The molecule has 1 rings (SSSR count). The van der Waals surface area contributed by atoms with Crippen LogP contribution in [0.25, 0.3) is 5.32 Å². The molecule has 1 aliphatic rings. The van der Waals surface area contributed by atoms with Gasteiger partial charge in [-0.2, -0.15) is 0 Å². The second kappa shape index (κ2) is 7.24. The topological polar surface area (TPSA) is 17.3 Å². The molecule has 3 heteroatoms. The van der Waals surface area contributed by atoms with E-state index in [2.05, 4.69) is 17.1 Å². The van der Waals surface area contributed by atoms with Gasteiger partial charge in [0.15, 0.2) is 0 Å². The minimum Gasteiger partial charge on any atom is -0.660 e. The van der Waals surface area contributed by atoms with Gasteiger partial charge < -0.3 is 10.2 Å². The SMILES string of the molecule is CCCCN1CC[N-]CC1.[Re]. The first-order valence-electron chi connectivity index (χ1n) is 4.29. The molecular weight excluding hydrogens is 310 g/mol. The van der Waals surface area contributed by atoms with Crippen LogP contribution in [0.4, 0.5) is 0 Å². The average molecular weight is 327 g/mol. The molecule has 67 valence electrons. The van der Waals surface area contributed by atoms with Gasteiger partial charge in [-0.1, -0.05) is 13.3 Å². The monoisotopic (exact) mass is 328 g/mol. The molecule has 0 aromatic heterocycles. The molecule has 0 spiro atoms. The van der Waals surface area contributed by atoms with Crippen molar-refractivity contribution in [1.82, 2.24) is 4.90 Å². The number of piperazine rings is 1. The molecule has 1 aliphatic heterocycles. The molecule has 11 heavy (non-hydrogen) atoms. The normalized spacial score (nSPS) is 19.4. The van der Waals surface area contributed by atoms with Gasteiger partial charge >= 0.3 is 0 Å². The van der Waals surface area contributed by atoms with E-state index in [-0.39, 0.29) is 20.4 Å². The Morgan fingerprint density at radius 1 is 1.27 bits per heavy atom. The molecule has 0 aromatic rings. The first-order chi connectivity index (χ1) is 4.93. The maximum Gasteiger partial charge on any atom is 0 e. The Morgan fingerprint density at radius 2 is 1.91 bits per heavy atom. The van der Waals surface area contributed by atoms with Crippen LogP contribution in [0.1, 0.15) is 19.8 Å². The van der Waals surface area contributed by atoms with Gasteiger partial charge in [0.05, 0.1) is 0 Å². The van der Waals surface area contributed by atoms with Crippen LogP contribution in [0.2, 0.25) is 0 Å². The summed E-state index contributed by atoms with van der Waals surface area (Å²) in [6.07, 6.45) is 2.66. The molecule has 1 heterocycles. The molecule has 1 radical (unpaired) electrons. The summed E-state index contributed by atoms with van der Waals surface area (Å²) < 4.78 is 0. The summed E-state index contributed by atoms with van der Waals surface area (Å²) in [5.41, 5.74) is 0. The van der Waals surface area contributed by atoms with E-state index < -0.39 is 0 Å². The number of unbranched alkanes of at least 4 members (excludes halogenated alkanes) is 1. The molecule has 0 amide bonds. The fourth-order valence-electron chi connectivity index (χ4n) is 1.25. The van der Waals surface area contributed by atoms with Gasteiger partial charge in [0.2, 0.25) is 0 Å². The number of hydrogen-bond donors (Lipinski definition) is 0. The molecular formula is C8H17N2Re-. The summed E-state index contributed by atoms with van der Waals surface area (Å²) in [6, 6.07) is 0. The molecule has 1 fully saturated rings. The molecule has 0 aliphatic carbocycles.